The van der Waals surface area contributed by atoms with E-state index in [1.54, 1.807) is 6.20 Å². The lowest BCUT2D eigenvalue weighted by atomic mass is 10.0. The van der Waals surface area contributed by atoms with Crippen LogP contribution in [-0.4, -0.2) is 37.2 Å². The maximum atomic E-state index is 12.0. The van der Waals surface area contributed by atoms with Crippen molar-refractivity contribution in [3.63, 3.8) is 0 Å². The summed E-state index contributed by atoms with van der Waals surface area (Å²) in [7, 11) is 1.84. The summed E-state index contributed by atoms with van der Waals surface area (Å²) < 4.78 is 5.30. The number of likely N-dealkylation sites (N-methyl/N-ethyl adjacent to an activating group) is 1. The molecule has 1 fully saturated rings. The summed E-state index contributed by atoms with van der Waals surface area (Å²) in [4.78, 5) is 16.1. The molecule has 5 nitrogen and oxygen atoms in total. The number of carbonyl (C=O) groups excluding carboxylic acids is 1. The van der Waals surface area contributed by atoms with Crippen LogP contribution in [0.1, 0.15) is 5.56 Å². The lowest BCUT2D eigenvalue weighted by Crippen LogP contribution is -2.39. The number of hydrogen-bond donors (Lipinski definition) is 2. The summed E-state index contributed by atoms with van der Waals surface area (Å²) in [5, 5.41) is 5.90. The average molecular weight is 235 g/mol. The smallest absolute Gasteiger partial charge is 0.232 e. The van der Waals surface area contributed by atoms with E-state index in [2.05, 4.69) is 15.6 Å². The van der Waals surface area contributed by atoms with Crippen LogP contribution < -0.4 is 10.6 Å². The van der Waals surface area contributed by atoms with E-state index >= 15 is 0 Å². The van der Waals surface area contributed by atoms with Crippen LogP contribution in [0, 0.1) is 12.8 Å². The minimum atomic E-state index is -0.151. The highest BCUT2D eigenvalue weighted by Crippen LogP contribution is 2.16. The number of ether oxygens (including phenoxy) is 1. The molecule has 1 amide bonds. The Morgan fingerprint density at radius 2 is 2.35 bits per heavy atom. The van der Waals surface area contributed by atoms with Gasteiger partial charge in [-0.2, -0.15) is 0 Å². The first-order valence-corrected chi connectivity index (χ1v) is 5.69. The zero-order valence-electron chi connectivity index (χ0n) is 10.1. The Morgan fingerprint density at radius 3 is 3.06 bits per heavy atom. The maximum Gasteiger partial charge on any atom is 0.232 e. The number of nitrogens with one attached hydrogen (secondary N) is 2. The van der Waals surface area contributed by atoms with Gasteiger partial charge in [0.2, 0.25) is 5.91 Å². The van der Waals surface area contributed by atoms with Crippen LogP contribution >= 0.6 is 0 Å². The molecule has 2 rings (SSSR count). The van der Waals surface area contributed by atoms with Crippen LogP contribution in [-0.2, 0) is 9.53 Å². The van der Waals surface area contributed by atoms with Crippen molar-refractivity contribution in [1.29, 1.82) is 0 Å². The lowest BCUT2D eigenvalue weighted by molar-refractivity contribution is -0.120. The molecular formula is C12H17N3O2. The van der Waals surface area contributed by atoms with Crippen molar-refractivity contribution in [2.75, 3.05) is 25.6 Å². The van der Waals surface area contributed by atoms with E-state index in [0.717, 1.165) is 5.56 Å². The van der Waals surface area contributed by atoms with Gasteiger partial charge in [-0.15, -0.1) is 0 Å². The van der Waals surface area contributed by atoms with Gasteiger partial charge in [-0.25, -0.2) is 4.98 Å². The number of amides is 1. The average Bonchev–Trinajstić information content (AvgIpc) is 2.77. The summed E-state index contributed by atoms with van der Waals surface area (Å²) in [5.74, 6) is 0.402. The molecule has 2 unspecified atom stereocenters. The van der Waals surface area contributed by atoms with Crippen LogP contribution in [0.5, 0.6) is 0 Å². The molecule has 2 heterocycles. The van der Waals surface area contributed by atoms with Crippen molar-refractivity contribution in [3.05, 3.63) is 23.9 Å². The van der Waals surface area contributed by atoms with Gasteiger partial charge < -0.3 is 15.4 Å². The number of rotatable bonds is 3. The summed E-state index contributed by atoms with van der Waals surface area (Å²) >= 11 is 0. The Balaban J connectivity index is 2.01. The standard InChI is InChI=1S/C12H17N3O2/c1-8-3-4-14-11(5-8)15-12(16)9-6-17-7-10(9)13-2/h3-5,9-10,13H,6-7H2,1-2H3,(H,14,15,16). The summed E-state index contributed by atoms with van der Waals surface area (Å²) in [6.07, 6.45) is 1.69. The first-order chi connectivity index (χ1) is 8.20. The van der Waals surface area contributed by atoms with Crippen molar-refractivity contribution in [2.24, 2.45) is 5.92 Å². The number of hydrogen-bond acceptors (Lipinski definition) is 4. The van der Waals surface area contributed by atoms with Crippen molar-refractivity contribution in [2.45, 2.75) is 13.0 Å². The quantitative estimate of drug-likeness (QED) is 0.803. The molecule has 0 aromatic carbocycles. The molecule has 17 heavy (non-hydrogen) atoms. The first kappa shape index (κ1) is 12.0. The van der Waals surface area contributed by atoms with Gasteiger partial charge in [0.05, 0.1) is 19.1 Å². The van der Waals surface area contributed by atoms with E-state index < -0.39 is 0 Å². The molecule has 1 aliphatic heterocycles. The Kier molecular flexibility index (Phi) is 3.71. The first-order valence-electron chi connectivity index (χ1n) is 5.69. The number of carbonyl (C=O) groups is 1. The summed E-state index contributed by atoms with van der Waals surface area (Å²) in [5.41, 5.74) is 1.07. The van der Waals surface area contributed by atoms with Gasteiger partial charge in [0.15, 0.2) is 0 Å². The van der Waals surface area contributed by atoms with Gasteiger partial charge in [-0.05, 0) is 31.7 Å². The van der Waals surface area contributed by atoms with E-state index in [4.69, 9.17) is 4.74 Å². The number of nitrogens with zero attached hydrogens (tertiary/aromatic N) is 1. The molecule has 0 spiro atoms. The third-order valence-corrected chi connectivity index (χ3v) is 2.95. The van der Waals surface area contributed by atoms with E-state index in [1.165, 1.54) is 0 Å². The van der Waals surface area contributed by atoms with Gasteiger partial charge in [-0.1, -0.05) is 0 Å². The van der Waals surface area contributed by atoms with Crippen LogP contribution in [0.25, 0.3) is 0 Å². The van der Waals surface area contributed by atoms with Crippen LogP contribution in [0.2, 0.25) is 0 Å². The topological polar surface area (TPSA) is 63.2 Å². The largest absolute Gasteiger partial charge is 0.379 e. The van der Waals surface area contributed by atoms with Gasteiger partial charge in [0.1, 0.15) is 5.82 Å². The van der Waals surface area contributed by atoms with Crippen molar-refractivity contribution < 1.29 is 9.53 Å². The molecule has 0 saturated carbocycles. The molecule has 1 aliphatic rings. The highest BCUT2D eigenvalue weighted by atomic mass is 16.5. The van der Waals surface area contributed by atoms with E-state index in [1.807, 2.05) is 26.1 Å². The molecule has 2 atom stereocenters. The maximum absolute atomic E-state index is 12.0. The van der Waals surface area contributed by atoms with E-state index in [9.17, 15) is 4.79 Å². The van der Waals surface area contributed by atoms with E-state index in [-0.39, 0.29) is 17.9 Å². The normalized spacial score (nSPS) is 23.6. The molecule has 0 aliphatic carbocycles. The van der Waals surface area contributed by atoms with E-state index in [0.29, 0.717) is 19.0 Å². The van der Waals surface area contributed by atoms with Gasteiger partial charge in [-0.3, -0.25) is 4.79 Å². The molecule has 0 bridgehead atoms. The number of anilines is 1. The molecule has 2 N–H and O–H groups in total. The van der Waals surface area contributed by atoms with Crippen molar-refractivity contribution in [1.82, 2.24) is 10.3 Å². The fourth-order valence-electron chi connectivity index (χ4n) is 1.92. The van der Waals surface area contributed by atoms with Crippen molar-refractivity contribution >= 4 is 11.7 Å². The Labute approximate surface area is 101 Å². The zero-order chi connectivity index (χ0) is 12.3. The zero-order valence-corrected chi connectivity index (χ0v) is 10.1. The van der Waals surface area contributed by atoms with Crippen LogP contribution in [0.4, 0.5) is 5.82 Å². The second-order valence-electron chi connectivity index (χ2n) is 4.25. The highest BCUT2D eigenvalue weighted by Gasteiger charge is 2.33. The summed E-state index contributed by atoms with van der Waals surface area (Å²) in [6, 6.07) is 3.83. The molecule has 92 valence electrons. The molecule has 1 aromatic heterocycles. The predicted molar refractivity (Wildman–Crippen MR) is 64.8 cm³/mol. The molecule has 1 saturated heterocycles. The predicted octanol–water partition coefficient (Wildman–Crippen LogP) is 0.563. The minimum absolute atomic E-state index is 0.0417. The van der Waals surface area contributed by atoms with Crippen LogP contribution in [0.15, 0.2) is 18.3 Å². The second kappa shape index (κ2) is 5.25. The number of aryl methyl sites for hydroxylation is 1. The third kappa shape index (κ3) is 2.81. The van der Waals surface area contributed by atoms with Gasteiger partial charge >= 0.3 is 0 Å². The second-order valence-corrected chi connectivity index (χ2v) is 4.25. The monoisotopic (exact) mass is 235 g/mol. The fraction of sp³-hybridized carbons (Fsp3) is 0.500. The number of aromatic nitrogens is 1. The number of pyridine rings is 1. The Bertz CT molecular complexity index is 408. The Morgan fingerprint density at radius 1 is 1.53 bits per heavy atom. The third-order valence-electron chi connectivity index (χ3n) is 2.95. The SMILES string of the molecule is CNC1COCC1C(=O)Nc1cc(C)ccn1. The minimum Gasteiger partial charge on any atom is -0.379 e. The lowest BCUT2D eigenvalue weighted by Gasteiger charge is -2.16. The molecule has 0 radical (unpaired) electrons. The molecule has 1 aromatic rings. The Hall–Kier alpha value is -1.46. The van der Waals surface area contributed by atoms with Gasteiger partial charge in [0, 0.05) is 12.2 Å². The fourth-order valence-corrected chi connectivity index (χ4v) is 1.92. The highest BCUT2D eigenvalue weighted by molar-refractivity contribution is 5.92. The van der Waals surface area contributed by atoms with Crippen molar-refractivity contribution in [3.8, 4) is 0 Å². The van der Waals surface area contributed by atoms with Gasteiger partial charge in [0.25, 0.3) is 0 Å². The summed E-state index contributed by atoms with van der Waals surface area (Å²) in [6.45, 7) is 3.01. The van der Waals surface area contributed by atoms with Crippen LogP contribution in [0.3, 0.4) is 0 Å². The molecular weight excluding hydrogens is 218 g/mol. The molecule has 5 heteroatoms.